The highest BCUT2D eigenvalue weighted by Gasteiger charge is 2.29. The summed E-state index contributed by atoms with van der Waals surface area (Å²) in [7, 11) is 0. The number of nitrogens with zero attached hydrogens (tertiary/aromatic N) is 2. The second-order valence-corrected chi connectivity index (χ2v) is 6.91. The van der Waals surface area contributed by atoms with Gasteiger partial charge in [-0.1, -0.05) is 12.8 Å². The zero-order chi connectivity index (χ0) is 16.9. The minimum Gasteiger partial charge on any atom is -0.502 e. The second-order valence-electron chi connectivity index (χ2n) is 6.91. The van der Waals surface area contributed by atoms with Gasteiger partial charge in [0.1, 0.15) is 12.0 Å². The van der Waals surface area contributed by atoms with Gasteiger partial charge in [-0.25, -0.2) is 0 Å². The Morgan fingerprint density at radius 1 is 1.17 bits per heavy atom. The van der Waals surface area contributed by atoms with Crippen molar-refractivity contribution in [3.05, 3.63) is 28.3 Å². The lowest BCUT2D eigenvalue weighted by atomic mass is 9.96. The normalized spacial score (nSPS) is 23.0. The molecule has 1 N–H and O–H groups in total. The van der Waals surface area contributed by atoms with Crippen molar-refractivity contribution < 1.29 is 14.3 Å². The van der Waals surface area contributed by atoms with Crippen LogP contribution in [-0.4, -0.2) is 47.0 Å². The van der Waals surface area contributed by atoms with Gasteiger partial charge in [-0.3, -0.25) is 14.5 Å². The average molecular weight is 334 g/mol. The van der Waals surface area contributed by atoms with Crippen LogP contribution < -0.4 is 5.43 Å². The molecular formula is C18H26N2O4. The Morgan fingerprint density at radius 2 is 1.92 bits per heavy atom. The van der Waals surface area contributed by atoms with Gasteiger partial charge in [0.05, 0.1) is 12.5 Å². The van der Waals surface area contributed by atoms with Crippen LogP contribution in [0.5, 0.6) is 5.75 Å². The standard InChI is InChI=1S/C18H26N2O4/c21-16-10-15(24-13-17(16)22)12-19-7-5-6-14(11-19)18(23)20-8-3-1-2-4-9-20/h10,13-14,22H,1-9,11-12H2/t14-/m1/s1. The molecule has 0 saturated carbocycles. The lowest BCUT2D eigenvalue weighted by Crippen LogP contribution is -2.44. The Bertz CT molecular complexity index is 620. The van der Waals surface area contributed by atoms with E-state index in [1.165, 1.54) is 18.9 Å². The molecule has 2 aliphatic heterocycles. The molecule has 3 rings (SSSR count). The monoisotopic (exact) mass is 334 g/mol. The van der Waals surface area contributed by atoms with E-state index in [-0.39, 0.29) is 17.6 Å². The van der Waals surface area contributed by atoms with Gasteiger partial charge in [0.15, 0.2) is 5.75 Å². The number of carbonyl (C=O) groups excluding carboxylic acids is 1. The van der Waals surface area contributed by atoms with Crippen LogP contribution in [-0.2, 0) is 11.3 Å². The first-order valence-corrected chi connectivity index (χ1v) is 8.95. The minimum atomic E-state index is -0.426. The predicted octanol–water partition coefficient (Wildman–Crippen LogP) is 1.96. The SMILES string of the molecule is O=C([C@@H]1CCCN(Cc2cc(=O)c(O)co2)C1)N1CCCCCC1. The van der Waals surface area contributed by atoms with E-state index in [1.54, 1.807) is 0 Å². The molecule has 0 unspecified atom stereocenters. The molecule has 6 heteroatoms. The molecule has 0 radical (unpaired) electrons. The number of piperidine rings is 1. The fourth-order valence-electron chi connectivity index (χ4n) is 3.70. The molecule has 2 saturated heterocycles. The molecule has 3 heterocycles. The van der Waals surface area contributed by atoms with E-state index in [9.17, 15) is 14.7 Å². The van der Waals surface area contributed by atoms with Gasteiger partial charge in [-0.15, -0.1) is 0 Å². The summed E-state index contributed by atoms with van der Waals surface area (Å²) in [6.07, 6.45) is 7.67. The fraction of sp³-hybridized carbons (Fsp3) is 0.667. The fourth-order valence-corrected chi connectivity index (χ4v) is 3.70. The van der Waals surface area contributed by atoms with Crippen LogP contribution in [0.1, 0.15) is 44.3 Å². The molecule has 2 fully saturated rings. The number of amides is 1. The topological polar surface area (TPSA) is 74.0 Å². The van der Waals surface area contributed by atoms with Gasteiger partial charge in [-0.05, 0) is 32.2 Å². The molecular weight excluding hydrogens is 308 g/mol. The maximum Gasteiger partial charge on any atom is 0.226 e. The van der Waals surface area contributed by atoms with Crippen LogP contribution in [0.15, 0.2) is 21.5 Å². The van der Waals surface area contributed by atoms with Gasteiger partial charge in [0.2, 0.25) is 11.3 Å². The van der Waals surface area contributed by atoms with Crippen molar-refractivity contribution in [3.8, 4) is 5.75 Å². The third-order valence-corrected chi connectivity index (χ3v) is 5.02. The number of rotatable bonds is 3. The van der Waals surface area contributed by atoms with Gasteiger partial charge in [0, 0.05) is 25.7 Å². The molecule has 1 atom stereocenters. The average Bonchev–Trinajstić information content (AvgIpc) is 2.87. The lowest BCUT2D eigenvalue weighted by molar-refractivity contribution is -0.137. The van der Waals surface area contributed by atoms with Gasteiger partial charge < -0.3 is 14.4 Å². The maximum absolute atomic E-state index is 12.8. The van der Waals surface area contributed by atoms with E-state index >= 15 is 0 Å². The smallest absolute Gasteiger partial charge is 0.226 e. The molecule has 1 aromatic heterocycles. The molecule has 1 aromatic rings. The van der Waals surface area contributed by atoms with Crippen LogP contribution in [0.3, 0.4) is 0 Å². The molecule has 0 spiro atoms. The molecule has 24 heavy (non-hydrogen) atoms. The Kier molecular flexibility index (Phi) is 5.56. The maximum atomic E-state index is 12.8. The van der Waals surface area contributed by atoms with Gasteiger partial charge >= 0.3 is 0 Å². The van der Waals surface area contributed by atoms with Crippen LogP contribution in [0, 0.1) is 5.92 Å². The summed E-state index contributed by atoms with van der Waals surface area (Å²) in [6, 6.07) is 1.33. The molecule has 0 aromatic carbocycles. The number of aromatic hydroxyl groups is 1. The Morgan fingerprint density at radius 3 is 2.62 bits per heavy atom. The molecule has 2 aliphatic rings. The third kappa shape index (κ3) is 4.17. The van der Waals surface area contributed by atoms with Crippen LogP contribution in [0.25, 0.3) is 0 Å². The first kappa shape index (κ1) is 17.0. The van der Waals surface area contributed by atoms with Crippen LogP contribution in [0.2, 0.25) is 0 Å². The molecule has 6 nitrogen and oxygen atoms in total. The van der Waals surface area contributed by atoms with Crippen molar-refractivity contribution in [1.29, 1.82) is 0 Å². The predicted molar refractivity (Wildman–Crippen MR) is 89.7 cm³/mol. The summed E-state index contributed by atoms with van der Waals surface area (Å²) in [4.78, 5) is 28.5. The van der Waals surface area contributed by atoms with E-state index in [4.69, 9.17) is 4.42 Å². The minimum absolute atomic E-state index is 0.0423. The van der Waals surface area contributed by atoms with E-state index in [0.717, 1.165) is 51.6 Å². The summed E-state index contributed by atoms with van der Waals surface area (Å²) in [5.74, 6) is 0.488. The summed E-state index contributed by atoms with van der Waals surface area (Å²) >= 11 is 0. The third-order valence-electron chi connectivity index (χ3n) is 5.02. The first-order valence-electron chi connectivity index (χ1n) is 8.95. The number of carbonyl (C=O) groups is 1. The molecule has 0 bridgehead atoms. The van der Waals surface area contributed by atoms with E-state index < -0.39 is 5.43 Å². The molecule has 0 aliphatic carbocycles. The highest BCUT2D eigenvalue weighted by atomic mass is 16.4. The van der Waals surface area contributed by atoms with E-state index in [2.05, 4.69) is 4.90 Å². The Hall–Kier alpha value is -1.82. The van der Waals surface area contributed by atoms with Gasteiger partial charge in [0.25, 0.3) is 0 Å². The lowest BCUT2D eigenvalue weighted by Gasteiger charge is -2.34. The van der Waals surface area contributed by atoms with E-state index in [1.807, 2.05) is 4.90 Å². The first-order chi connectivity index (χ1) is 11.6. The summed E-state index contributed by atoms with van der Waals surface area (Å²) in [6.45, 7) is 3.89. The van der Waals surface area contributed by atoms with Crippen molar-refractivity contribution >= 4 is 5.91 Å². The number of likely N-dealkylation sites (tertiary alicyclic amines) is 2. The highest BCUT2D eigenvalue weighted by molar-refractivity contribution is 5.79. The quantitative estimate of drug-likeness (QED) is 0.915. The van der Waals surface area contributed by atoms with E-state index in [0.29, 0.717) is 18.8 Å². The van der Waals surface area contributed by atoms with Crippen LogP contribution in [0.4, 0.5) is 0 Å². The zero-order valence-corrected chi connectivity index (χ0v) is 14.1. The van der Waals surface area contributed by atoms with Crippen molar-refractivity contribution in [2.45, 2.75) is 45.1 Å². The second kappa shape index (κ2) is 7.83. The zero-order valence-electron chi connectivity index (χ0n) is 14.1. The molecule has 1 amide bonds. The van der Waals surface area contributed by atoms with Crippen molar-refractivity contribution in [2.24, 2.45) is 5.92 Å². The Labute approximate surface area is 142 Å². The summed E-state index contributed by atoms with van der Waals surface area (Å²) in [5, 5.41) is 9.26. The summed E-state index contributed by atoms with van der Waals surface area (Å²) in [5.41, 5.74) is -0.426. The number of hydrogen-bond donors (Lipinski definition) is 1. The van der Waals surface area contributed by atoms with Gasteiger partial charge in [-0.2, -0.15) is 0 Å². The summed E-state index contributed by atoms with van der Waals surface area (Å²) < 4.78 is 5.28. The largest absolute Gasteiger partial charge is 0.502 e. The van der Waals surface area contributed by atoms with Crippen molar-refractivity contribution in [1.82, 2.24) is 9.80 Å². The number of hydrogen-bond acceptors (Lipinski definition) is 5. The van der Waals surface area contributed by atoms with Crippen molar-refractivity contribution in [2.75, 3.05) is 26.2 Å². The van der Waals surface area contributed by atoms with Crippen LogP contribution >= 0.6 is 0 Å². The highest BCUT2D eigenvalue weighted by Crippen LogP contribution is 2.22. The van der Waals surface area contributed by atoms with Crippen molar-refractivity contribution in [3.63, 3.8) is 0 Å². The Balaban J connectivity index is 1.60. The molecule has 132 valence electrons.